The molecule has 3 atom stereocenters. The van der Waals surface area contributed by atoms with E-state index in [9.17, 15) is 18.8 Å². The highest BCUT2D eigenvalue weighted by atomic mass is 19.1. The van der Waals surface area contributed by atoms with E-state index in [1.165, 1.54) is 0 Å². The summed E-state index contributed by atoms with van der Waals surface area (Å²) >= 11 is 0. The molecule has 1 aromatic rings. The molecule has 2 rings (SSSR count). The number of carbonyl (C=O) groups excluding carboxylic acids is 3. The van der Waals surface area contributed by atoms with Gasteiger partial charge in [0.15, 0.2) is 5.82 Å². The number of esters is 2. The zero-order chi connectivity index (χ0) is 23.7. The number of fused-ring (bicyclic) bond motifs is 1. The van der Waals surface area contributed by atoms with Gasteiger partial charge in [0.2, 0.25) is 11.5 Å². The van der Waals surface area contributed by atoms with Crippen LogP contribution in [0.5, 0.6) is 0 Å². The summed E-state index contributed by atoms with van der Waals surface area (Å²) in [6.45, 7) is 3.20. The van der Waals surface area contributed by atoms with E-state index in [2.05, 4.69) is 5.32 Å². The van der Waals surface area contributed by atoms with Crippen LogP contribution in [0.3, 0.4) is 0 Å². The first-order chi connectivity index (χ1) is 14.3. The Morgan fingerprint density at radius 1 is 1.03 bits per heavy atom. The van der Waals surface area contributed by atoms with Crippen molar-refractivity contribution >= 4 is 23.5 Å². The van der Waals surface area contributed by atoms with Gasteiger partial charge in [-0.2, -0.15) is 0 Å². The summed E-state index contributed by atoms with van der Waals surface area (Å²) < 4.78 is 40.3. The molecule has 1 aliphatic rings. The molecule has 1 N–H and O–H groups in total. The number of rotatable bonds is 7. The number of anilines is 1. The topological polar surface area (TPSA) is 88.2 Å². The molecule has 0 bridgehead atoms. The molecule has 1 amide bonds. The van der Waals surface area contributed by atoms with E-state index in [-0.39, 0.29) is 23.2 Å². The van der Waals surface area contributed by atoms with Crippen LogP contribution in [0.1, 0.15) is 25.0 Å². The Balaban J connectivity index is 2.42. The molecule has 1 aromatic carbocycles. The van der Waals surface area contributed by atoms with Crippen LogP contribution in [0.15, 0.2) is 6.07 Å². The number of nitrogens with zero attached hydrogens (tertiary/aromatic N) is 2. The normalized spacial score (nSPS) is 19.7. The van der Waals surface area contributed by atoms with Gasteiger partial charge in [-0.1, -0.05) is 0 Å². The van der Waals surface area contributed by atoms with Crippen LogP contribution in [0.2, 0.25) is 0 Å². The lowest BCUT2D eigenvalue weighted by Gasteiger charge is -2.29. The van der Waals surface area contributed by atoms with Gasteiger partial charge in [0, 0.05) is 24.5 Å². The Morgan fingerprint density at radius 3 is 2.10 bits per heavy atom. The SMILES string of the molecule is COC(=O)C1(OC(=O)C(C)N(C)C)Cc2c(F)cc(NC(=O)C(C)N(C)C)c(F)c2C1. The number of hydrogen-bond donors (Lipinski definition) is 1. The number of likely N-dealkylation sites (N-methyl/N-ethyl adjacent to an activating group) is 2. The van der Waals surface area contributed by atoms with E-state index in [4.69, 9.17) is 9.47 Å². The minimum absolute atomic E-state index is 0.0909. The second-order valence-electron chi connectivity index (χ2n) is 8.21. The van der Waals surface area contributed by atoms with Gasteiger partial charge < -0.3 is 14.8 Å². The predicted octanol–water partition coefficient (Wildman–Crippen LogP) is 1.36. The van der Waals surface area contributed by atoms with Gasteiger partial charge in [-0.3, -0.25) is 19.4 Å². The Bertz CT molecular complexity index is 890. The van der Waals surface area contributed by atoms with Crippen molar-refractivity contribution in [2.75, 3.05) is 40.6 Å². The number of methoxy groups -OCH3 is 1. The van der Waals surface area contributed by atoms with Crippen molar-refractivity contribution in [2.24, 2.45) is 0 Å². The maximum absolute atomic E-state index is 15.2. The highest BCUT2D eigenvalue weighted by Crippen LogP contribution is 2.39. The zero-order valence-corrected chi connectivity index (χ0v) is 18.8. The molecule has 10 heteroatoms. The van der Waals surface area contributed by atoms with Gasteiger partial charge in [-0.15, -0.1) is 0 Å². The number of hydrogen-bond acceptors (Lipinski definition) is 7. The van der Waals surface area contributed by atoms with Crippen LogP contribution in [0.25, 0.3) is 0 Å². The molecule has 0 heterocycles. The standard InChI is InChI=1S/C21H29F2N3O5/c1-11(25(3)4)18(27)24-16-8-15(22)13-9-21(20(29)30-7,10-14(13)17(16)23)31-19(28)12(2)26(5)6/h8,11-12H,9-10H2,1-7H3,(H,24,27). The highest BCUT2D eigenvalue weighted by molar-refractivity contribution is 5.95. The third kappa shape index (κ3) is 4.85. The summed E-state index contributed by atoms with van der Waals surface area (Å²) in [5, 5.41) is 2.38. The number of carbonyl (C=O) groups is 3. The first-order valence-corrected chi connectivity index (χ1v) is 9.79. The number of amides is 1. The third-order valence-electron chi connectivity index (χ3n) is 5.73. The molecule has 0 radical (unpaired) electrons. The first-order valence-electron chi connectivity index (χ1n) is 9.79. The van der Waals surface area contributed by atoms with Gasteiger partial charge in [0.1, 0.15) is 11.9 Å². The number of benzene rings is 1. The maximum atomic E-state index is 15.2. The van der Waals surface area contributed by atoms with Crippen molar-refractivity contribution in [1.82, 2.24) is 9.80 Å². The molecular weight excluding hydrogens is 412 g/mol. The fourth-order valence-corrected chi connectivity index (χ4v) is 3.22. The zero-order valence-electron chi connectivity index (χ0n) is 18.8. The van der Waals surface area contributed by atoms with Crippen molar-refractivity contribution < 1.29 is 32.6 Å². The van der Waals surface area contributed by atoms with Crippen molar-refractivity contribution in [3.05, 3.63) is 28.8 Å². The Morgan fingerprint density at radius 2 is 1.58 bits per heavy atom. The van der Waals surface area contributed by atoms with Gasteiger partial charge in [0.25, 0.3) is 0 Å². The monoisotopic (exact) mass is 441 g/mol. The summed E-state index contributed by atoms with van der Waals surface area (Å²) in [7, 11) is 7.78. The van der Waals surface area contributed by atoms with E-state index in [1.807, 2.05) is 0 Å². The quantitative estimate of drug-likeness (QED) is 0.639. The van der Waals surface area contributed by atoms with Crippen LogP contribution in [-0.2, 0) is 36.7 Å². The fourth-order valence-electron chi connectivity index (χ4n) is 3.22. The minimum atomic E-state index is -1.89. The van der Waals surface area contributed by atoms with Crippen molar-refractivity contribution in [3.8, 4) is 0 Å². The van der Waals surface area contributed by atoms with Crippen molar-refractivity contribution in [1.29, 1.82) is 0 Å². The minimum Gasteiger partial charge on any atom is -0.466 e. The molecule has 0 saturated carbocycles. The molecule has 31 heavy (non-hydrogen) atoms. The van der Waals surface area contributed by atoms with Crippen LogP contribution in [0, 0.1) is 11.6 Å². The summed E-state index contributed by atoms with van der Waals surface area (Å²) in [4.78, 5) is 40.6. The summed E-state index contributed by atoms with van der Waals surface area (Å²) in [6, 6.07) is -0.410. The molecule has 172 valence electrons. The van der Waals surface area contributed by atoms with Crippen LogP contribution in [-0.4, -0.2) is 80.6 Å². The van der Waals surface area contributed by atoms with Crippen molar-refractivity contribution in [3.63, 3.8) is 0 Å². The van der Waals surface area contributed by atoms with E-state index in [1.54, 1.807) is 51.8 Å². The van der Waals surface area contributed by atoms with Gasteiger partial charge >= 0.3 is 11.9 Å². The van der Waals surface area contributed by atoms with E-state index in [0.717, 1.165) is 13.2 Å². The van der Waals surface area contributed by atoms with Gasteiger partial charge in [-0.05, 0) is 47.6 Å². The van der Waals surface area contributed by atoms with E-state index in [0.29, 0.717) is 0 Å². The van der Waals surface area contributed by atoms with Crippen LogP contribution < -0.4 is 5.32 Å². The Kier molecular flexibility index (Phi) is 7.38. The van der Waals surface area contributed by atoms with Crippen LogP contribution >= 0.6 is 0 Å². The smallest absolute Gasteiger partial charge is 0.351 e. The van der Waals surface area contributed by atoms with Crippen LogP contribution in [0.4, 0.5) is 14.5 Å². The van der Waals surface area contributed by atoms with Gasteiger partial charge in [-0.25, -0.2) is 13.6 Å². The molecule has 3 unspecified atom stereocenters. The predicted molar refractivity (Wildman–Crippen MR) is 110 cm³/mol. The summed E-state index contributed by atoms with van der Waals surface area (Å²) in [6.07, 6.45) is -0.775. The molecule has 0 aromatic heterocycles. The fraction of sp³-hybridized carbons (Fsp3) is 0.571. The third-order valence-corrected chi connectivity index (χ3v) is 5.73. The maximum Gasteiger partial charge on any atom is 0.351 e. The lowest BCUT2D eigenvalue weighted by Crippen LogP contribution is -2.48. The molecule has 1 aliphatic carbocycles. The average Bonchev–Trinajstić information content (AvgIpc) is 3.11. The summed E-state index contributed by atoms with van der Waals surface area (Å²) in [5.41, 5.74) is -2.46. The lowest BCUT2D eigenvalue weighted by molar-refractivity contribution is -0.182. The van der Waals surface area contributed by atoms with E-state index >= 15 is 4.39 Å². The summed E-state index contributed by atoms with van der Waals surface area (Å²) in [5.74, 6) is -3.84. The Labute approximate surface area is 180 Å². The molecule has 0 aliphatic heterocycles. The lowest BCUT2D eigenvalue weighted by atomic mass is 10.00. The molecular formula is C21H29F2N3O5. The number of nitrogens with one attached hydrogen (secondary N) is 1. The van der Waals surface area contributed by atoms with Crippen molar-refractivity contribution in [2.45, 2.75) is 44.4 Å². The second-order valence-corrected chi connectivity index (χ2v) is 8.21. The van der Waals surface area contributed by atoms with Gasteiger partial charge in [0.05, 0.1) is 18.8 Å². The molecule has 0 fully saturated rings. The highest BCUT2D eigenvalue weighted by Gasteiger charge is 2.51. The number of halogens is 2. The number of ether oxygens (including phenoxy) is 2. The molecule has 0 spiro atoms. The largest absolute Gasteiger partial charge is 0.466 e. The second kappa shape index (κ2) is 9.27. The Hall–Kier alpha value is -2.59. The molecule has 8 nitrogen and oxygen atoms in total. The first kappa shape index (κ1) is 24.7. The van der Waals surface area contributed by atoms with E-state index < -0.39 is 53.6 Å². The average molecular weight is 441 g/mol. The molecule has 0 saturated heterocycles.